The Morgan fingerprint density at radius 1 is 1.19 bits per heavy atom. The molecule has 166 valence electrons. The minimum Gasteiger partial charge on any atom is -0.487 e. The molecule has 2 aromatic heterocycles. The van der Waals surface area contributed by atoms with Gasteiger partial charge in [0.15, 0.2) is 0 Å². The zero-order chi connectivity index (χ0) is 22.2. The molecule has 0 radical (unpaired) electrons. The summed E-state index contributed by atoms with van der Waals surface area (Å²) < 4.78 is 5.91. The smallest absolute Gasteiger partial charge is 0.244 e. The Morgan fingerprint density at radius 2 is 2.03 bits per heavy atom. The van der Waals surface area contributed by atoms with Crippen LogP contribution < -0.4 is 15.0 Å². The Bertz CT molecular complexity index is 1060. The molecule has 6 nitrogen and oxygen atoms in total. The van der Waals surface area contributed by atoms with Crippen LogP contribution in [0.3, 0.4) is 0 Å². The molecule has 0 unspecified atom stereocenters. The molecule has 0 spiro atoms. The van der Waals surface area contributed by atoms with Crippen molar-refractivity contribution in [3.05, 3.63) is 75.9 Å². The number of nitrogens with zero attached hydrogens (tertiary/aromatic N) is 3. The summed E-state index contributed by atoms with van der Waals surface area (Å²) in [6, 6.07) is 11.7. The molecule has 0 aliphatic carbocycles. The number of thiazole rings is 1. The maximum absolute atomic E-state index is 12.3. The molecule has 0 bridgehead atoms. The summed E-state index contributed by atoms with van der Waals surface area (Å²) in [7, 11) is 0. The molecule has 3 aromatic rings. The molecule has 1 aromatic carbocycles. The normalized spacial score (nSPS) is 14.0. The molecule has 7 heteroatoms. The number of piperidine rings is 1. The number of nitrogens with one attached hydrogen (secondary N) is 1. The van der Waals surface area contributed by atoms with Gasteiger partial charge in [0.05, 0.1) is 10.7 Å². The highest BCUT2D eigenvalue weighted by Gasteiger charge is 2.11. The SMILES string of the molecule is Cc1nc(COc2ccccc2/C=C/C(=O)NCc2ccc(N3CCCCC3)nc2)cs1. The lowest BCUT2D eigenvalue weighted by molar-refractivity contribution is -0.116. The monoisotopic (exact) mass is 448 g/mol. The van der Waals surface area contributed by atoms with Crippen molar-refractivity contribution in [3.63, 3.8) is 0 Å². The van der Waals surface area contributed by atoms with Gasteiger partial charge in [-0.3, -0.25) is 4.79 Å². The van der Waals surface area contributed by atoms with Gasteiger partial charge >= 0.3 is 0 Å². The van der Waals surface area contributed by atoms with E-state index in [2.05, 4.69) is 20.2 Å². The largest absolute Gasteiger partial charge is 0.487 e. The first-order valence-electron chi connectivity index (χ1n) is 11.0. The maximum Gasteiger partial charge on any atom is 0.244 e. The topological polar surface area (TPSA) is 67.3 Å². The van der Waals surface area contributed by atoms with Gasteiger partial charge in [0.25, 0.3) is 0 Å². The zero-order valence-electron chi connectivity index (χ0n) is 18.3. The summed E-state index contributed by atoms with van der Waals surface area (Å²) in [5, 5.41) is 5.93. The molecule has 1 amide bonds. The van der Waals surface area contributed by atoms with E-state index in [1.54, 1.807) is 17.4 Å². The number of carbonyl (C=O) groups excluding carboxylic acids is 1. The lowest BCUT2D eigenvalue weighted by Crippen LogP contribution is -2.30. The number of carbonyl (C=O) groups is 1. The number of aryl methyl sites for hydroxylation is 1. The van der Waals surface area contributed by atoms with Crippen LogP contribution in [0.4, 0.5) is 5.82 Å². The molecule has 1 aliphatic heterocycles. The van der Waals surface area contributed by atoms with Crippen molar-refractivity contribution >= 4 is 29.1 Å². The van der Waals surface area contributed by atoms with Crippen molar-refractivity contribution in [2.45, 2.75) is 39.3 Å². The van der Waals surface area contributed by atoms with Gasteiger partial charge in [0.1, 0.15) is 18.2 Å². The summed E-state index contributed by atoms with van der Waals surface area (Å²) in [4.78, 5) is 23.6. The van der Waals surface area contributed by atoms with E-state index >= 15 is 0 Å². The average Bonchev–Trinajstić information content (AvgIpc) is 3.26. The third kappa shape index (κ3) is 6.17. The summed E-state index contributed by atoms with van der Waals surface area (Å²) in [6.07, 6.45) is 8.90. The summed E-state index contributed by atoms with van der Waals surface area (Å²) in [6.45, 7) is 4.97. The fraction of sp³-hybridized carbons (Fsp3) is 0.320. The van der Waals surface area contributed by atoms with Gasteiger partial charge in [-0.25, -0.2) is 9.97 Å². The number of benzene rings is 1. The molecule has 0 atom stereocenters. The first kappa shape index (κ1) is 22.0. The van der Waals surface area contributed by atoms with Gasteiger partial charge in [-0.05, 0) is 50.0 Å². The van der Waals surface area contributed by atoms with E-state index in [4.69, 9.17) is 4.74 Å². The summed E-state index contributed by atoms with van der Waals surface area (Å²) >= 11 is 1.60. The fourth-order valence-electron chi connectivity index (χ4n) is 3.62. The Hall–Kier alpha value is -3.19. The van der Waals surface area contributed by atoms with Crippen molar-refractivity contribution in [2.75, 3.05) is 18.0 Å². The van der Waals surface area contributed by atoms with Crippen LogP contribution in [-0.4, -0.2) is 29.0 Å². The first-order valence-corrected chi connectivity index (χ1v) is 11.8. The van der Waals surface area contributed by atoms with Crippen LogP contribution in [0.15, 0.2) is 54.1 Å². The highest BCUT2D eigenvalue weighted by molar-refractivity contribution is 7.09. The third-order valence-corrected chi connectivity index (χ3v) is 6.15. The second-order valence-electron chi connectivity index (χ2n) is 7.81. The van der Waals surface area contributed by atoms with Crippen molar-refractivity contribution in [3.8, 4) is 5.75 Å². The predicted molar refractivity (Wildman–Crippen MR) is 129 cm³/mol. The van der Waals surface area contributed by atoms with Gasteiger partial charge < -0.3 is 15.0 Å². The molecule has 1 N–H and O–H groups in total. The quantitative estimate of drug-likeness (QED) is 0.504. The number of hydrogen-bond acceptors (Lipinski definition) is 6. The second kappa shape index (κ2) is 10.9. The Balaban J connectivity index is 1.29. The number of rotatable bonds is 8. The van der Waals surface area contributed by atoms with Gasteiger partial charge in [-0.15, -0.1) is 11.3 Å². The molecule has 32 heavy (non-hydrogen) atoms. The number of hydrogen-bond donors (Lipinski definition) is 1. The van der Waals surface area contributed by atoms with Crippen LogP contribution in [0, 0.1) is 6.92 Å². The highest BCUT2D eigenvalue weighted by Crippen LogP contribution is 2.21. The van der Waals surface area contributed by atoms with Crippen molar-refractivity contribution < 1.29 is 9.53 Å². The zero-order valence-corrected chi connectivity index (χ0v) is 19.1. The third-order valence-electron chi connectivity index (χ3n) is 5.33. The van der Waals surface area contributed by atoms with E-state index < -0.39 is 0 Å². The minimum atomic E-state index is -0.157. The first-order chi connectivity index (χ1) is 15.7. The molecule has 1 aliphatic rings. The molecule has 0 saturated carbocycles. The van der Waals surface area contributed by atoms with Gasteiger partial charge in [-0.1, -0.05) is 24.3 Å². The molecule has 1 saturated heterocycles. The Labute approximate surface area is 193 Å². The van der Waals surface area contributed by atoms with E-state index in [-0.39, 0.29) is 5.91 Å². The fourth-order valence-corrected chi connectivity index (χ4v) is 4.22. The number of aromatic nitrogens is 2. The van der Waals surface area contributed by atoms with E-state index in [9.17, 15) is 4.79 Å². The maximum atomic E-state index is 12.3. The number of amides is 1. The standard InChI is InChI=1S/C25H28N4O2S/c1-19-28-22(18-32-19)17-31-23-8-4-3-7-21(23)10-12-25(30)27-16-20-9-11-24(26-15-20)29-13-5-2-6-14-29/h3-4,7-12,15,18H,2,5-6,13-14,16-17H2,1H3,(H,27,30)/b12-10+. The van der Waals surface area contributed by atoms with Crippen LogP contribution in [-0.2, 0) is 17.9 Å². The van der Waals surface area contributed by atoms with E-state index in [0.29, 0.717) is 13.2 Å². The number of anilines is 1. The van der Waals surface area contributed by atoms with Crippen LogP contribution in [0.5, 0.6) is 5.75 Å². The summed E-state index contributed by atoms with van der Waals surface area (Å²) in [5.74, 6) is 1.58. The van der Waals surface area contributed by atoms with Crippen LogP contribution in [0.2, 0.25) is 0 Å². The molecular weight excluding hydrogens is 420 g/mol. The predicted octanol–water partition coefficient (Wildman–Crippen LogP) is 4.75. The van der Waals surface area contributed by atoms with Crippen LogP contribution in [0.25, 0.3) is 6.08 Å². The van der Waals surface area contributed by atoms with Crippen molar-refractivity contribution in [1.82, 2.24) is 15.3 Å². The molecule has 1 fully saturated rings. The molecule has 4 rings (SSSR count). The second-order valence-corrected chi connectivity index (χ2v) is 8.87. The van der Waals surface area contributed by atoms with Gasteiger partial charge in [0, 0.05) is 42.9 Å². The minimum absolute atomic E-state index is 0.157. The van der Waals surface area contributed by atoms with E-state index in [0.717, 1.165) is 46.5 Å². The lowest BCUT2D eigenvalue weighted by atomic mass is 10.1. The number of pyridine rings is 1. The Kier molecular flexibility index (Phi) is 7.51. The van der Waals surface area contributed by atoms with Gasteiger partial charge in [0.2, 0.25) is 5.91 Å². The number of ether oxygens (including phenoxy) is 1. The molecular formula is C25H28N4O2S. The number of para-hydroxylation sites is 1. The molecule has 3 heterocycles. The van der Waals surface area contributed by atoms with Gasteiger partial charge in [-0.2, -0.15) is 0 Å². The van der Waals surface area contributed by atoms with Crippen molar-refractivity contribution in [1.29, 1.82) is 0 Å². The van der Waals surface area contributed by atoms with Crippen molar-refractivity contribution in [2.24, 2.45) is 0 Å². The van der Waals surface area contributed by atoms with E-state index in [1.165, 1.54) is 25.3 Å². The lowest BCUT2D eigenvalue weighted by Gasteiger charge is -2.27. The van der Waals surface area contributed by atoms with Crippen LogP contribution >= 0.6 is 11.3 Å². The van der Waals surface area contributed by atoms with E-state index in [1.807, 2.05) is 54.9 Å². The average molecular weight is 449 g/mol. The summed E-state index contributed by atoms with van der Waals surface area (Å²) in [5.41, 5.74) is 2.74. The Morgan fingerprint density at radius 3 is 2.78 bits per heavy atom. The highest BCUT2D eigenvalue weighted by atomic mass is 32.1. The van der Waals surface area contributed by atoms with Crippen LogP contribution in [0.1, 0.15) is 41.1 Å².